The first kappa shape index (κ1) is 15.7. The molecule has 1 aromatic rings. The fraction of sp³-hybridized carbons (Fsp3) is 0.533. The van der Waals surface area contributed by atoms with E-state index in [1.807, 2.05) is 6.07 Å². The van der Waals surface area contributed by atoms with Gasteiger partial charge >= 0.3 is 5.97 Å². The lowest BCUT2D eigenvalue weighted by Crippen LogP contribution is -2.39. The third-order valence-corrected chi connectivity index (χ3v) is 3.38. The average molecular weight is 264 g/mol. The van der Waals surface area contributed by atoms with Gasteiger partial charge in [-0.15, -0.1) is 0 Å². The van der Waals surface area contributed by atoms with Crippen LogP contribution < -0.4 is 5.32 Å². The van der Waals surface area contributed by atoms with Crippen molar-refractivity contribution in [2.45, 2.75) is 33.4 Å². The van der Waals surface area contributed by atoms with E-state index in [1.165, 1.54) is 0 Å². The Balaban J connectivity index is 2.45. The summed E-state index contributed by atoms with van der Waals surface area (Å²) in [6.45, 7) is 10.2. The van der Waals surface area contributed by atoms with E-state index in [1.54, 1.807) is 18.2 Å². The maximum absolute atomic E-state index is 10.9. The van der Waals surface area contributed by atoms with Crippen LogP contribution in [-0.2, 0) is 6.54 Å². The summed E-state index contributed by atoms with van der Waals surface area (Å²) in [7, 11) is 0. The van der Waals surface area contributed by atoms with Crippen molar-refractivity contribution in [3.05, 3.63) is 35.4 Å². The Morgan fingerprint density at radius 2 is 2.05 bits per heavy atom. The maximum Gasteiger partial charge on any atom is 0.335 e. The zero-order chi connectivity index (χ0) is 14.3. The van der Waals surface area contributed by atoms with E-state index in [2.05, 4.69) is 31.0 Å². The molecule has 2 N–H and O–H groups in total. The third-order valence-electron chi connectivity index (χ3n) is 3.38. The summed E-state index contributed by atoms with van der Waals surface area (Å²) in [5.41, 5.74) is 1.35. The molecule has 106 valence electrons. The van der Waals surface area contributed by atoms with Gasteiger partial charge in [0.25, 0.3) is 0 Å². The van der Waals surface area contributed by atoms with Gasteiger partial charge in [0.1, 0.15) is 0 Å². The number of aromatic carboxylic acids is 1. The monoisotopic (exact) mass is 264 g/mol. The second kappa shape index (κ2) is 7.92. The van der Waals surface area contributed by atoms with Gasteiger partial charge in [0.15, 0.2) is 0 Å². The van der Waals surface area contributed by atoms with Gasteiger partial charge in [0.2, 0.25) is 0 Å². The van der Waals surface area contributed by atoms with Gasteiger partial charge in [-0.25, -0.2) is 4.79 Å². The highest BCUT2D eigenvalue weighted by atomic mass is 16.4. The van der Waals surface area contributed by atoms with Crippen LogP contribution in [0.1, 0.15) is 36.7 Å². The van der Waals surface area contributed by atoms with Gasteiger partial charge in [-0.1, -0.05) is 26.0 Å². The van der Waals surface area contributed by atoms with Crippen molar-refractivity contribution in [2.75, 3.05) is 19.6 Å². The molecule has 0 fully saturated rings. The summed E-state index contributed by atoms with van der Waals surface area (Å²) >= 11 is 0. The van der Waals surface area contributed by atoms with Crippen molar-refractivity contribution in [3.63, 3.8) is 0 Å². The molecule has 0 amide bonds. The maximum atomic E-state index is 10.9. The summed E-state index contributed by atoms with van der Waals surface area (Å²) in [6, 6.07) is 7.55. The number of nitrogens with one attached hydrogen (secondary N) is 1. The normalized spacial score (nSPS) is 12.6. The molecule has 0 radical (unpaired) electrons. The minimum Gasteiger partial charge on any atom is -0.478 e. The van der Waals surface area contributed by atoms with Crippen molar-refractivity contribution < 1.29 is 9.90 Å². The number of rotatable bonds is 8. The molecule has 0 aromatic heterocycles. The van der Waals surface area contributed by atoms with Crippen LogP contribution >= 0.6 is 0 Å². The summed E-state index contributed by atoms with van der Waals surface area (Å²) in [4.78, 5) is 13.3. The van der Waals surface area contributed by atoms with E-state index in [4.69, 9.17) is 5.11 Å². The molecule has 1 unspecified atom stereocenters. The SMILES string of the molecule is CCN(CC)C(C)CNCc1cccc(C(=O)O)c1. The molecular formula is C15H24N2O2. The second-order valence-electron chi connectivity index (χ2n) is 4.71. The standard InChI is InChI=1S/C15H24N2O2/c1-4-17(5-2)12(3)10-16-11-13-7-6-8-14(9-13)15(18)19/h6-9,12,16H,4-5,10-11H2,1-3H3,(H,18,19). The van der Waals surface area contributed by atoms with Gasteiger partial charge in [0.05, 0.1) is 5.56 Å². The fourth-order valence-corrected chi connectivity index (χ4v) is 2.22. The van der Waals surface area contributed by atoms with Crippen molar-refractivity contribution in [2.24, 2.45) is 0 Å². The van der Waals surface area contributed by atoms with E-state index >= 15 is 0 Å². The zero-order valence-electron chi connectivity index (χ0n) is 12.0. The van der Waals surface area contributed by atoms with Crippen LogP contribution in [-0.4, -0.2) is 41.7 Å². The van der Waals surface area contributed by atoms with Crippen LogP contribution in [0.4, 0.5) is 0 Å². The smallest absolute Gasteiger partial charge is 0.335 e. The summed E-state index contributed by atoms with van der Waals surface area (Å²) < 4.78 is 0. The average Bonchev–Trinajstić information content (AvgIpc) is 2.40. The predicted molar refractivity (Wildman–Crippen MR) is 77.5 cm³/mol. The van der Waals surface area contributed by atoms with Gasteiger partial charge < -0.3 is 10.4 Å². The Bertz CT molecular complexity index is 403. The topological polar surface area (TPSA) is 52.6 Å². The van der Waals surface area contributed by atoms with E-state index in [-0.39, 0.29) is 0 Å². The minimum atomic E-state index is -0.877. The number of hydrogen-bond acceptors (Lipinski definition) is 3. The highest BCUT2D eigenvalue weighted by Crippen LogP contribution is 2.05. The summed E-state index contributed by atoms with van der Waals surface area (Å²) in [6.07, 6.45) is 0. The van der Waals surface area contributed by atoms with Gasteiger partial charge in [-0.3, -0.25) is 4.90 Å². The number of likely N-dealkylation sites (N-methyl/N-ethyl adjacent to an activating group) is 1. The van der Waals surface area contributed by atoms with E-state index in [0.717, 1.165) is 25.2 Å². The highest BCUT2D eigenvalue weighted by Gasteiger charge is 2.09. The van der Waals surface area contributed by atoms with Crippen LogP contribution in [0.3, 0.4) is 0 Å². The lowest BCUT2D eigenvalue weighted by Gasteiger charge is -2.26. The number of carboxylic acids is 1. The van der Waals surface area contributed by atoms with Gasteiger partial charge in [0, 0.05) is 19.1 Å². The molecule has 1 rings (SSSR count). The Hall–Kier alpha value is -1.39. The first-order chi connectivity index (χ1) is 9.08. The predicted octanol–water partition coefficient (Wildman–Crippen LogP) is 2.20. The minimum absolute atomic E-state index is 0.344. The first-order valence-electron chi connectivity index (χ1n) is 6.85. The number of carbonyl (C=O) groups is 1. The Labute approximate surface area is 115 Å². The van der Waals surface area contributed by atoms with Crippen LogP contribution in [0, 0.1) is 0 Å². The summed E-state index contributed by atoms with van der Waals surface area (Å²) in [5, 5.41) is 12.3. The van der Waals surface area contributed by atoms with E-state index in [0.29, 0.717) is 18.2 Å². The van der Waals surface area contributed by atoms with Crippen LogP contribution in [0.5, 0.6) is 0 Å². The first-order valence-corrected chi connectivity index (χ1v) is 6.85. The number of benzene rings is 1. The molecule has 0 aliphatic rings. The molecule has 4 nitrogen and oxygen atoms in total. The van der Waals surface area contributed by atoms with Gasteiger partial charge in [-0.05, 0) is 37.7 Å². The lowest BCUT2D eigenvalue weighted by molar-refractivity contribution is 0.0696. The molecule has 4 heteroatoms. The summed E-state index contributed by atoms with van der Waals surface area (Å²) in [5.74, 6) is -0.877. The third kappa shape index (κ3) is 5.01. The molecule has 1 atom stereocenters. The number of hydrogen-bond donors (Lipinski definition) is 2. The molecule has 0 bridgehead atoms. The van der Waals surface area contributed by atoms with E-state index < -0.39 is 5.97 Å². The largest absolute Gasteiger partial charge is 0.478 e. The fourth-order valence-electron chi connectivity index (χ4n) is 2.22. The second-order valence-corrected chi connectivity index (χ2v) is 4.71. The molecule has 19 heavy (non-hydrogen) atoms. The number of carboxylic acid groups (broad SMARTS) is 1. The number of nitrogens with zero attached hydrogens (tertiary/aromatic N) is 1. The van der Waals surface area contributed by atoms with Crippen LogP contribution in [0.15, 0.2) is 24.3 Å². The van der Waals surface area contributed by atoms with Crippen molar-refractivity contribution >= 4 is 5.97 Å². The Kier molecular flexibility index (Phi) is 6.53. The quantitative estimate of drug-likeness (QED) is 0.756. The zero-order valence-corrected chi connectivity index (χ0v) is 12.0. The van der Waals surface area contributed by atoms with Crippen molar-refractivity contribution in [3.8, 4) is 0 Å². The van der Waals surface area contributed by atoms with Crippen molar-refractivity contribution in [1.82, 2.24) is 10.2 Å². The van der Waals surface area contributed by atoms with E-state index in [9.17, 15) is 4.79 Å². The van der Waals surface area contributed by atoms with Crippen LogP contribution in [0.2, 0.25) is 0 Å². The highest BCUT2D eigenvalue weighted by molar-refractivity contribution is 5.87. The molecule has 0 spiro atoms. The molecule has 0 aliphatic heterocycles. The lowest BCUT2D eigenvalue weighted by atomic mass is 10.1. The van der Waals surface area contributed by atoms with Gasteiger partial charge in [-0.2, -0.15) is 0 Å². The molecule has 0 heterocycles. The molecule has 0 saturated carbocycles. The molecular weight excluding hydrogens is 240 g/mol. The molecule has 1 aromatic carbocycles. The Morgan fingerprint density at radius 1 is 1.37 bits per heavy atom. The molecule has 0 saturated heterocycles. The molecule has 0 aliphatic carbocycles. The van der Waals surface area contributed by atoms with Crippen molar-refractivity contribution in [1.29, 1.82) is 0 Å². The Morgan fingerprint density at radius 3 is 2.63 bits per heavy atom. The van der Waals surface area contributed by atoms with Crippen LogP contribution in [0.25, 0.3) is 0 Å².